The Hall–Kier alpha value is -3.03. The number of benzene rings is 2. The minimum Gasteiger partial charge on any atom is -0.493 e. The lowest BCUT2D eigenvalue weighted by Gasteiger charge is -2.28. The average Bonchev–Trinajstić information content (AvgIpc) is 2.92. The minimum absolute atomic E-state index is 0.673. The van der Waals surface area contributed by atoms with Crippen LogP contribution in [0.5, 0.6) is 23.0 Å². The number of rotatable bonds is 11. The van der Waals surface area contributed by atoms with E-state index in [4.69, 9.17) is 28.7 Å². The number of morpholine rings is 1. The molecule has 0 spiro atoms. The second-order valence-electron chi connectivity index (χ2n) is 9.05. The fraction of sp³-hybridized carbons (Fsp3) is 0.483. The maximum Gasteiger partial charge on any atom is 0.162 e. The van der Waals surface area contributed by atoms with Gasteiger partial charge in [0.1, 0.15) is 0 Å². The van der Waals surface area contributed by atoms with Crippen molar-refractivity contribution in [2.75, 3.05) is 54.7 Å². The zero-order chi connectivity index (χ0) is 25.5. The highest BCUT2D eigenvalue weighted by Crippen LogP contribution is 2.42. The van der Waals surface area contributed by atoms with Gasteiger partial charge < -0.3 is 23.7 Å². The van der Waals surface area contributed by atoms with E-state index in [0.717, 1.165) is 74.3 Å². The third-order valence-electron chi connectivity index (χ3n) is 6.86. The van der Waals surface area contributed by atoms with E-state index in [9.17, 15) is 0 Å². The van der Waals surface area contributed by atoms with Crippen LogP contribution < -0.4 is 18.9 Å². The molecule has 194 valence electrons. The first-order valence-electron chi connectivity index (χ1n) is 12.7. The van der Waals surface area contributed by atoms with E-state index in [2.05, 4.69) is 30.0 Å². The van der Waals surface area contributed by atoms with Crippen LogP contribution in [0.2, 0.25) is 0 Å². The van der Waals surface area contributed by atoms with Gasteiger partial charge in [-0.3, -0.25) is 9.88 Å². The van der Waals surface area contributed by atoms with Crippen LogP contribution in [0.25, 0.3) is 22.0 Å². The van der Waals surface area contributed by atoms with Crippen LogP contribution in [-0.2, 0) is 17.7 Å². The molecule has 1 aliphatic heterocycles. The molecular formula is C29H38N2O5. The molecule has 1 saturated heterocycles. The summed E-state index contributed by atoms with van der Waals surface area (Å²) in [5, 5.41) is 1.04. The van der Waals surface area contributed by atoms with Gasteiger partial charge in [0.2, 0.25) is 0 Å². The zero-order valence-corrected chi connectivity index (χ0v) is 22.2. The van der Waals surface area contributed by atoms with Gasteiger partial charge in [0.25, 0.3) is 0 Å². The summed E-state index contributed by atoms with van der Waals surface area (Å²) in [6.07, 6.45) is 4.39. The van der Waals surface area contributed by atoms with Crippen molar-refractivity contribution >= 4 is 10.9 Å². The van der Waals surface area contributed by atoms with E-state index < -0.39 is 0 Å². The first-order chi connectivity index (χ1) is 17.6. The maximum absolute atomic E-state index is 5.69. The predicted molar refractivity (Wildman–Crippen MR) is 143 cm³/mol. The van der Waals surface area contributed by atoms with Crippen LogP contribution in [0.3, 0.4) is 0 Å². The van der Waals surface area contributed by atoms with Gasteiger partial charge in [-0.05, 0) is 47.7 Å². The molecule has 7 heteroatoms. The average molecular weight is 495 g/mol. The molecule has 1 aliphatic rings. The third kappa shape index (κ3) is 5.52. The van der Waals surface area contributed by atoms with Gasteiger partial charge in [-0.2, -0.15) is 0 Å². The van der Waals surface area contributed by atoms with Crippen LogP contribution in [0.1, 0.15) is 37.4 Å². The van der Waals surface area contributed by atoms with Crippen molar-refractivity contribution in [2.24, 2.45) is 0 Å². The Morgan fingerprint density at radius 3 is 2.17 bits per heavy atom. The number of aromatic nitrogens is 1. The molecule has 7 nitrogen and oxygen atoms in total. The Bertz CT molecular complexity index is 1170. The molecule has 4 rings (SSSR count). The number of fused-ring (bicyclic) bond motifs is 1. The fourth-order valence-electron chi connectivity index (χ4n) is 4.93. The molecule has 0 aliphatic carbocycles. The summed E-state index contributed by atoms with van der Waals surface area (Å²) in [6.45, 7) is 6.35. The highest BCUT2D eigenvalue weighted by molar-refractivity contribution is 5.98. The maximum atomic E-state index is 5.69. The van der Waals surface area contributed by atoms with E-state index in [-0.39, 0.29) is 0 Å². The lowest BCUT2D eigenvalue weighted by atomic mass is 9.90. The van der Waals surface area contributed by atoms with Gasteiger partial charge in [0.15, 0.2) is 23.0 Å². The van der Waals surface area contributed by atoms with Crippen molar-refractivity contribution in [3.63, 3.8) is 0 Å². The summed E-state index contributed by atoms with van der Waals surface area (Å²) in [4.78, 5) is 7.65. The van der Waals surface area contributed by atoms with Crippen molar-refractivity contribution < 1.29 is 23.7 Å². The Morgan fingerprint density at radius 1 is 0.833 bits per heavy atom. The molecule has 0 bridgehead atoms. The molecule has 0 amide bonds. The summed E-state index contributed by atoms with van der Waals surface area (Å²) in [7, 11) is 6.66. The van der Waals surface area contributed by atoms with Crippen molar-refractivity contribution in [2.45, 2.75) is 39.2 Å². The Balaban J connectivity index is 1.98. The van der Waals surface area contributed by atoms with Crippen LogP contribution in [0.4, 0.5) is 0 Å². The van der Waals surface area contributed by atoms with E-state index in [1.165, 1.54) is 17.5 Å². The second kappa shape index (κ2) is 12.3. The summed E-state index contributed by atoms with van der Waals surface area (Å²) >= 11 is 0. The fourth-order valence-corrected chi connectivity index (χ4v) is 4.93. The first-order valence-corrected chi connectivity index (χ1v) is 12.7. The molecule has 3 aromatic rings. The van der Waals surface area contributed by atoms with Gasteiger partial charge >= 0.3 is 0 Å². The molecule has 36 heavy (non-hydrogen) atoms. The smallest absolute Gasteiger partial charge is 0.162 e. The van der Waals surface area contributed by atoms with Crippen LogP contribution in [0, 0.1) is 0 Å². The molecule has 0 saturated carbocycles. The van der Waals surface area contributed by atoms with E-state index in [1.807, 2.05) is 12.1 Å². The van der Waals surface area contributed by atoms with E-state index in [0.29, 0.717) is 23.0 Å². The van der Waals surface area contributed by atoms with Gasteiger partial charge in [0, 0.05) is 31.1 Å². The summed E-state index contributed by atoms with van der Waals surface area (Å²) in [5.41, 5.74) is 5.52. The zero-order valence-electron chi connectivity index (χ0n) is 22.2. The Morgan fingerprint density at radius 2 is 1.50 bits per heavy atom. The molecule has 2 heterocycles. The van der Waals surface area contributed by atoms with E-state index >= 15 is 0 Å². The lowest BCUT2D eigenvalue weighted by molar-refractivity contribution is 0.0336. The summed E-state index contributed by atoms with van der Waals surface area (Å²) < 4.78 is 28.1. The van der Waals surface area contributed by atoms with Crippen LogP contribution in [0.15, 0.2) is 30.3 Å². The lowest BCUT2D eigenvalue weighted by Crippen LogP contribution is -2.36. The standard InChI is InChI=1S/C29H38N2O5/c1-6-7-8-9-21-24(19-31-12-14-36-15-13-31)30-23-18-28(35-5)27(34-4)17-22(23)29(21)20-10-11-25(32-2)26(16-20)33-3/h10-11,16-18H,6-9,12-15,19H2,1-5H3. The number of methoxy groups -OCH3 is 4. The number of ether oxygens (including phenoxy) is 5. The molecule has 0 radical (unpaired) electrons. The molecule has 1 aromatic heterocycles. The molecule has 0 unspecified atom stereocenters. The largest absolute Gasteiger partial charge is 0.493 e. The summed E-state index contributed by atoms with van der Waals surface area (Å²) in [5.74, 6) is 2.77. The van der Waals surface area contributed by atoms with Gasteiger partial charge in [0.05, 0.1) is 52.9 Å². The van der Waals surface area contributed by atoms with Crippen molar-refractivity contribution in [1.29, 1.82) is 0 Å². The molecule has 0 N–H and O–H groups in total. The van der Waals surface area contributed by atoms with Gasteiger partial charge in [-0.15, -0.1) is 0 Å². The van der Waals surface area contributed by atoms with Crippen molar-refractivity contribution in [1.82, 2.24) is 9.88 Å². The molecular weight excluding hydrogens is 456 g/mol. The Kier molecular flexibility index (Phi) is 8.88. The number of nitrogens with zero attached hydrogens (tertiary/aromatic N) is 2. The molecule has 0 atom stereocenters. The molecule has 2 aromatic carbocycles. The quantitative estimate of drug-likeness (QED) is 0.326. The number of hydrogen-bond acceptors (Lipinski definition) is 7. The number of unbranched alkanes of at least 4 members (excludes halogenated alkanes) is 2. The normalized spacial score (nSPS) is 14.1. The van der Waals surface area contributed by atoms with Crippen LogP contribution >= 0.6 is 0 Å². The molecule has 1 fully saturated rings. The van der Waals surface area contributed by atoms with Crippen molar-refractivity contribution in [3.05, 3.63) is 41.6 Å². The third-order valence-corrected chi connectivity index (χ3v) is 6.86. The van der Waals surface area contributed by atoms with E-state index in [1.54, 1.807) is 28.4 Å². The highest BCUT2D eigenvalue weighted by atomic mass is 16.5. The van der Waals surface area contributed by atoms with Gasteiger partial charge in [-0.1, -0.05) is 25.8 Å². The predicted octanol–water partition coefficient (Wildman–Crippen LogP) is 5.50. The Labute approximate surface area is 214 Å². The van der Waals surface area contributed by atoms with Gasteiger partial charge in [-0.25, -0.2) is 0 Å². The monoisotopic (exact) mass is 494 g/mol. The highest BCUT2D eigenvalue weighted by Gasteiger charge is 2.22. The SMILES string of the molecule is CCCCCc1c(CN2CCOCC2)nc2cc(OC)c(OC)cc2c1-c1ccc(OC)c(OC)c1. The second-order valence-corrected chi connectivity index (χ2v) is 9.05. The van der Waals surface area contributed by atoms with Crippen LogP contribution in [-0.4, -0.2) is 64.6 Å². The minimum atomic E-state index is 0.673. The number of pyridine rings is 1. The first kappa shape index (κ1) is 26.0. The topological polar surface area (TPSA) is 62.3 Å². The summed E-state index contributed by atoms with van der Waals surface area (Å²) in [6, 6.07) is 10.2. The number of hydrogen-bond donors (Lipinski definition) is 0. The van der Waals surface area contributed by atoms with Crippen molar-refractivity contribution in [3.8, 4) is 34.1 Å².